The number of hydrogen-bond donors (Lipinski definition) is 0. The lowest BCUT2D eigenvalue weighted by Gasteiger charge is -2.25. The fraction of sp³-hybridized carbons (Fsp3) is 0.368. The van der Waals surface area contributed by atoms with Gasteiger partial charge in [-0.3, -0.25) is 9.78 Å². The number of pyridine rings is 1. The van der Waals surface area contributed by atoms with Crippen LogP contribution in [0.3, 0.4) is 0 Å². The van der Waals surface area contributed by atoms with E-state index in [2.05, 4.69) is 4.98 Å². The van der Waals surface area contributed by atoms with Gasteiger partial charge in [0.1, 0.15) is 5.82 Å². The van der Waals surface area contributed by atoms with Gasteiger partial charge in [0, 0.05) is 24.9 Å². The smallest absolute Gasteiger partial charge is 0.226 e. The minimum absolute atomic E-state index is 0.0132. The van der Waals surface area contributed by atoms with Crippen molar-refractivity contribution in [2.75, 3.05) is 6.54 Å². The van der Waals surface area contributed by atoms with Gasteiger partial charge in [0.2, 0.25) is 5.91 Å². The number of amides is 1. The van der Waals surface area contributed by atoms with Crippen molar-refractivity contribution in [2.24, 2.45) is 5.92 Å². The summed E-state index contributed by atoms with van der Waals surface area (Å²) in [6.45, 7) is 0.818. The van der Waals surface area contributed by atoms with Crippen molar-refractivity contribution in [1.29, 1.82) is 0 Å². The third kappa shape index (κ3) is 2.74. The van der Waals surface area contributed by atoms with Gasteiger partial charge in [0.25, 0.3) is 0 Å². The molecule has 1 amide bonds. The Morgan fingerprint density at radius 2 is 2.00 bits per heavy atom. The predicted molar refractivity (Wildman–Crippen MR) is 85.2 cm³/mol. The Morgan fingerprint density at radius 3 is 2.78 bits per heavy atom. The molecule has 3 nitrogen and oxygen atoms in total. The fourth-order valence-corrected chi connectivity index (χ4v) is 3.75. The number of aromatic nitrogens is 1. The molecule has 1 aliphatic heterocycles. The summed E-state index contributed by atoms with van der Waals surface area (Å²) in [5, 5.41) is 0. The van der Waals surface area contributed by atoms with Crippen molar-refractivity contribution in [3.63, 3.8) is 0 Å². The molecule has 3 atom stereocenters. The Morgan fingerprint density at radius 1 is 1.17 bits per heavy atom. The zero-order valence-electron chi connectivity index (χ0n) is 12.9. The van der Waals surface area contributed by atoms with Crippen LogP contribution in [0.1, 0.15) is 42.3 Å². The Hall–Kier alpha value is -2.23. The molecular formula is C19H19FN2O. The lowest BCUT2D eigenvalue weighted by molar-refractivity contribution is -0.133. The maximum absolute atomic E-state index is 13.4. The van der Waals surface area contributed by atoms with E-state index in [-0.39, 0.29) is 29.6 Å². The van der Waals surface area contributed by atoms with Crippen molar-refractivity contribution in [3.8, 4) is 0 Å². The Balaban J connectivity index is 1.49. The first kappa shape index (κ1) is 14.4. The fourth-order valence-electron chi connectivity index (χ4n) is 3.75. The Labute approximate surface area is 135 Å². The van der Waals surface area contributed by atoms with Gasteiger partial charge in [0.05, 0.1) is 6.04 Å². The second kappa shape index (κ2) is 5.76. The summed E-state index contributed by atoms with van der Waals surface area (Å²) in [4.78, 5) is 18.9. The van der Waals surface area contributed by atoms with E-state index in [4.69, 9.17) is 0 Å². The molecule has 1 saturated carbocycles. The van der Waals surface area contributed by atoms with Crippen molar-refractivity contribution in [1.82, 2.24) is 9.88 Å². The largest absolute Gasteiger partial charge is 0.335 e. The van der Waals surface area contributed by atoms with E-state index in [0.717, 1.165) is 36.9 Å². The Bertz CT molecular complexity index is 718. The van der Waals surface area contributed by atoms with Crippen LogP contribution in [0.5, 0.6) is 0 Å². The highest BCUT2D eigenvalue weighted by atomic mass is 19.1. The number of halogens is 1. The number of hydrogen-bond acceptors (Lipinski definition) is 2. The minimum Gasteiger partial charge on any atom is -0.335 e. The van der Waals surface area contributed by atoms with E-state index >= 15 is 0 Å². The first-order valence-electron chi connectivity index (χ1n) is 8.20. The summed E-state index contributed by atoms with van der Waals surface area (Å²) >= 11 is 0. The zero-order valence-corrected chi connectivity index (χ0v) is 12.9. The van der Waals surface area contributed by atoms with Gasteiger partial charge in [-0.1, -0.05) is 12.1 Å². The summed E-state index contributed by atoms with van der Waals surface area (Å²) in [7, 11) is 0. The molecule has 1 saturated heterocycles. The molecule has 0 bridgehead atoms. The van der Waals surface area contributed by atoms with Gasteiger partial charge in [-0.25, -0.2) is 4.39 Å². The number of benzene rings is 1. The molecule has 2 heterocycles. The van der Waals surface area contributed by atoms with E-state index in [1.807, 2.05) is 23.1 Å². The third-order valence-corrected chi connectivity index (χ3v) is 5.01. The van der Waals surface area contributed by atoms with Crippen molar-refractivity contribution >= 4 is 5.91 Å². The molecule has 4 rings (SSSR count). The number of carbonyl (C=O) groups is 1. The predicted octanol–water partition coefficient (Wildman–Crippen LogP) is 3.69. The van der Waals surface area contributed by atoms with Crippen LogP contribution in [0.25, 0.3) is 0 Å². The van der Waals surface area contributed by atoms with Crippen LogP contribution in [-0.4, -0.2) is 22.3 Å². The highest BCUT2D eigenvalue weighted by Gasteiger charge is 2.47. The minimum atomic E-state index is -0.226. The van der Waals surface area contributed by atoms with Crippen LogP contribution >= 0.6 is 0 Å². The van der Waals surface area contributed by atoms with Gasteiger partial charge >= 0.3 is 0 Å². The van der Waals surface area contributed by atoms with Gasteiger partial charge < -0.3 is 4.90 Å². The lowest BCUT2D eigenvalue weighted by Crippen LogP contribution is -2.32. The highest BCUT2D eigenvalue weighted by Crippen LogP contribution is 2.50. The molecule has 0 radical (unpaired) electrons. The van der Waals surface area contributed by atoms with Crippen LogP contribution in [0.4, 0.5) is 4.39 Å². The van der Waals surface area contributed by atoms with E-state index in [1.54, 1.807) is 24.5 Å². The molecular weight excluding hydrogens is 291 g/mol. The van der Waals surface area contributed by atoms with Crippen LogP contribution in [-0.2, 0) is 4.79 Å². The molecule has 0 N–H and O–H groups in total. The summed E-state index contributed by atoms with van der Waals surface area (Å²) in [5.41, 5.74) is 2.11. The number of likely N-dealkylation sites (tertiary alicyclic amines) is 1. The van der Waals surface area contributed by atoms with E-state index in [9.17, 15) is 9.18 Å². The maximum atomic E-state index is 13.4. The summed E-state index contributed by atoms with van der Waals surface area (Å²) in [5.74, 6) is 0.186. The summed E-state index contributed by atoms with van der Waals surface area (Å²) in [6.07, 6.45) is 6.44. The first-order valence-corrected chi connectivity index (χ1v) is 8.20. The van der Waals surface area contributed by atoms with Crippen molar-refractivity contribution in [3.05, 3.63) is 65.7 Å². The van der Waals surface area contributed by atoms with Crippen LogP contribution in [0, 0.1) is 11.7 Å². The number of carbonyl (C=O) groups excluding carboxylic acids is 1. The van der Waals surface area contributed by atoms with Gasteiger partial charge in [-0.2, -0.15) is 0 Å². The highest BCUT2D eigenvalue weighted by molar-refractivity contribution is 5.83. The molecule has 2 aliphatic rings. The average Bonchev–Trinajstić information content (AvgIpc) is 3.23. The van der Waals surface area contributed by atoms with Crippen LogP contribution < -0.4 is 0 Å². The molecule has 0 spiro atoms. The molecule has 2 fully saturated rings. The molecule has 1 aromatic heterocycles. The molecule has 0 unspecified atom stereocenters. The lowest BCUT2D eigenvalue weighted by atomic mass is 10.1. The number of nitrogens with zero attached hydrogens (tertiary/aromatic N) is 2. The molecule has 2 aromatic rings. The molecule has 1 aliphatic carbocycles. The third-order valence-electron chi connectivity index (χ3n) is 5.01. The van der Waals surface area contributed by atoms with E-state index in [0.29, 0.717) is 0 Å². The van der Waals surface area contributed by atoms with Crippen molar-refractivity contribution < 1.29 is 9.18 Å². The zero-order chi connectivity index (χ0) is 15.8. The Kier molecular flexibility index (Phi) is 3.60. The summed E-state index contributed by atoms with van der Waals surface area (Å²) < 4.78 is 13.4. The van der Waals surface area contributed by atoms with Crippen molar-refractivity contribution in [2.45, 2.75) is 31.2 Å². The molecule has 118 valence electrons. The van der Waals surface area contributed by atoms with Crippen LogP contribution in [0.2, 0.25) is 0 Å². The maximum Gasteiger partial charge on any atom is 0.226 e. The quantitative estimate of drug-likeness (QED) is 0.866. The molecule has 1 aromatic carbocycles. The molecule has 4 heteroatoms. The standard InChI is InChI=1S/C19H19FN2O/c20-15-4-1-3-14(11-15)16-12-17(16)19(23)22-10-2-5-18(22)13-6-8-21-9-7-13/h1,3-4,6-9,11,16-18H,2,5,10,12H2/t16-,17-,18-/m1/s1. The van der Waals surface area contributed by atoms with E-state index < -0.39 is 0 Å². The SMILES string of the molecule is O=C([C@@H]1C[C@@H]1c1cccc(F)c1)N1CCC[C@@H]1c1ccncc1. The van der Waals surface area contributed by atoms with Gasteiger partial charge in [-0.15, -0.1) is 0 Å². The first-order chi connectivity index (χ1) is 11.2. The molecule has 23 heavy (non-hydrogen) atoms. The van der Waals surface area contributed by atoms with Gasteiger partial charge in [-0.05, 0) is 60.6 Å². The van der Waals surface area contributed by atoms with Gasteiger partial charge in [0.15, 0.2) is 0 Å². The summed E-state index contributed by atoms with van der Waals surface area (Å²) in [6, 6.07) is 10.8. The van der Waals surface area contributed by atoms with Crippen LogP contribution in [0.15, 0.2) is 48.8 Å². The second-order valence-electron chi connectivity index (χ2n) is 6.47. The van der Waals surface area contributed by atoms with E-state index in [1.165, 1.54) is 6.07 Å². The topological polar surface area (TPSA) is 33.2 Å². The normalized spacial score (nSPS) is 26.3. The second-order valence-corrected chi connectivity index (χ2v) is 6.47. The monoisotopic (exact) mass is 310 g/mol. The average molecular weight is 310 g/mol. The number of rotatable bonds is 3.